The number of aryl methyl sites for hydroxylation is 1. The number of aromatic nitrogens is 1. The summed E-state index contributed by atoms with van der Waals surface area (Å²) < 4.78 is 0. The third kappa shape index (κ3) is 2.72. The van der Waals surface area contributed by atoms with Gasteiger partial charge >= 0.3 is 0 Å². The van der Waals surface area contributed by atoms with E-state index in [1.807, 2.05) is 25.1 Å². The zero-order valence-corrected chi connectivity index (χ0v) is 13.4. The molecule has 1 aromatic carbocycles. The minimum Gasteiger partial charge on any atom is -0.399 e. The molecule has 20 heavy (non-hydrogen) atoms. The molecule has 2 rings (SSSR count). The van der Waals surface area contributed by atoms with E-state index in [9.17, 15) is 0 Å². The monoisotopic (exact) mass is 271 g/mol. The Bertz CT molecular complexity index is 626. The molecule has 1 atom stereocenters. The topological polar surface area (TPSA) is 42.1 Å². The Morgan fingerprint density at radius 3 is 2.45 bits per heavy atom. The van der Waals surface area contributed by atoms with Crippen molar-refractivity contribution >= 4 is 22.3 Å². The predicted molar refractivity (Wildman–Crippen MR) is 88.2 cm³/mol. The number of anilines is 2. The van der Waals surface area contributed by atoms with Crippen molar-refractivity contribution in [1.82, 2.24) is 4.98 Å². The van der Waals surface area contributed by atoms with E-state index in [2.05, 4.69) is 50.7 Å². The number of nitrogens with zero attached hydrogens (tertiary/aromatic N) is 2. The molecular formula is C17H25N3. The molecule has 0 aliphatic carbocycles. The van der Waals surface area contributed by atoms with E-state index in [1.165, 1.54) is 5.69 Å². The molecule has 3 nitrogen and oxygen atoms in total. The fourth-order valence-corrected chi connectivity index (χ4v) is 2.44. The lowest BCUT2D eigenvalue weighted by molar-refractivity contribution is 0.330. The Kier molecular flexibility index (Phi) is 3.63. The second-order valence-electron chi connectivity index (χ2n) is 6.71. The van der Waals surface area contributed by atoms with Crippen LogP contribution >= 0.6 is 0 Å². The number of fused-ring (bicyclic) bond motifs is 1. The van der Waals surface area contributed by atoms with Crippen molar-refractivity contribution < 1.29 is 0 Å². The van der Waals surface area contributed by atoms with Crippen LogP contribution in [-0.4, -0.2) is 18.1 Å². The summed E-state index contributed by atoms with van der Waals surface area (Å²) in [5.74, 6) is 0. The van der Waals surface area contributed by atoms with Gasteiger partial charge in [0.15, 0.2) is 0 Å². The van der Waals surface area contributed by atoms with Crippen LogP contribution in [-0.2, 0) is 0 Å². The van der Waals surface area contributed by atoms with Gasteiger partial charge in [-0.2, -0.15) is 0 Å². The van der Waals surface area contributed by atoms with Gasteiger partial charge in [0.2, 0.25) is 0 Å². The minimum absolute atomic E-state index is 0.207. The highest BCUT2D eigenvalue weighted by Gasteiger charge is 2.25. The second-order valence-corrected chi connectivity index (χ2v) is 6.71. The van der Waals surface area contributed by atoms with Crippen molar-refractivity contribution in [3.63, 3.8) is 0 Å². The quantitative estimate of drug-likeness (QED) is 0.840. The van der Waals surface area contributed by atoms with E-state index in [0.717, 1.165) is 22.3 Å². The Hall–Kier alpha value is -1.77. The van der Waals surface area contributed by atoms with E-state index in [1.54, 1.807) is 0 Å². The molecule has 108 valence electrons. The van der Waals surface area contributed by atoms with E-state index in [-0.39, 0.29) is 5.41 Å². The van der Waals surface area contributed by atoms with Gasteiger partial charge in [-0.05, 0) is 43.5 Å². The molecule has 0 saturated heterocycles. The first-order valence-electron chi connectivity index (χ1n) is 7.10. The number of rotatable bonds is 2. The maximum absolute atomic E-state index is 5.95. The number of pyridine rings is 1. The van der Waals surface area contributed by atoms with Crippen LogP contribution < -0.4 is 10.6 Å². The molecule has 0 aliphatic heterocycles. The van der Waals surface area contributed by atoms with Crippen molar-refractivity contribution in [1.29, 1.82) is 0 Å². The van der Waals surface area contributed by atoms with Crippen molar-refractivity contribution in [2.24, 2.45) is 5.41 Å². The number of nitrogens with two attached hydrogens (primary N) is 1. The van der Waals surface area contributed by atoms with Crippen LogP contribution in [0, 0.1) is 12.3 Å². The maximum atomic E-state index is 5.95. The zero-order valence-electron chi connectivity index (χ0n) is 13.4. The Labute approximate surface area is 121 Å². The van der Waals surface area contributed by atoms with Crippen molar-refractivity contribution in [3.05, 3.63) is 30.0 Å². The highest BCUT2D eigenvalue weighted by atomic mass is 15.1. The summed E-state index contributed by atoms with van der Waals surface area (Å²) in [7, 11) is 2.15. The molecule has 0 bridgehead atoms. The Balaban J connectivity index is 2.61. The van der Waals surface area contributed by atoms with Gasteiger partial charge in [-0.3, -0.25) is 4.98 Å². The van der Waals surface area contributed by atoms with Gasteiger partial charge in [-0.15, -0.1) is 0 Å². The van der Waals surface area contributed by atoms with Crippen molar-refractivity contribution in [3.8, 4) is 0 Å². The summed E-state index contributed by atoms with van der Waals surface area (Å²) >= 11 is 0. The zero-order chi connectivity index (χ0) is 15.1. The summed E-state index contributed by atoms with van der Waals surface area (Å²) in [4.78, 5) is 6.93. The maximum Gasteiger partial charge on any atom is 0.0727 e. The normalized spacial score (nSPS) is 13.5. The summed E-state index contributed by atoms with van der Waals surface area (Å²) in [6, 6.07) is 8.48. The molecular weight excluding hydrogens is 246 g/mol. The standard InChI is InChI=1S/C17H25N3/c1-11-9-16(20(6)12(2)17(3,4)5)14-10-13(18)7-8-15(14)19-11/h7-10,12H,18H2,1-6H3. The first kappa shape index (κ1) is 14.6. The summed E-state index contributed by atoms with van der Waals surface area (Å²) in [5.41, 5.74) is 10.2. The van der Waals surface area contributed by atoms with Gasteiger partial charge in [-0.1, -0.05) is 20.8 Å². The van der Waals surface area contributed by atoms with Crippen LogP contribution in [0.3, 0.4) is 0 Å². The van der Waals surface area contributed by atoms with Gasteiger partial charge in [0.25, 0.3) is 0 Å². The van der Waals surface area contributed by atoms with Crippen LogP contribution in [0.25, 0.3) is 10.9 Å². The SMILES string of the molecule is Cc1cc(N(C)C(C)C(C)(C)C)c2cc(N)ccc2n1. The van der Waals surface area contributed by atoms with Crippen molar-refractivity contribution in [2.75, 3.05) is 17.7 Å². The van der Waals surface area contributed by atoms with Gasteiger partial charge < -0.3 is 10.6 Å². The second kappa shape index (κ2) is 4.97. The first-order chi connectivity index (χ1) is 9.20. The molecule has 0 spiro atoms. The molecule has 1 aromatic heterocycles. The van der Waals surface area contributed by atoms with Crippen LogP contribution in [0.15, 0.2) is 24.3 Å². The van der Waals surface area contributed by atoms with Gasteiger partial charge in [0, 0.05) is 35.5 Å². The Morgan fingerprint density at radius 2 is 1.85 bits per heavy atom. The van der Waals surface area contributed by atoms with E-state index >= 15 is 0 Å². The average Bonchev–Trinajstić information content (AvgIpc) is 2.35. The molecule has 2 aromatic rings. The lowest BCUT2D eigenvalue weighted by Gasteiger charge is -2.37. The number of hydrogen-bond acceptors (Lipinski definition) is 3. The highest BCUT2D eigenvalue weighted by molar-refractivity contribution is 5.94. The molecule has 1 unspecified atom stereocenters. The molecule has 3 heteroatoms. The lowest BCUT2D eigenvalue weighted by atomic mass is 9.86. The molecule has 0 radical (unpaired) electrons. The number of hydrogen-bond donors (Lipinski definition) is 1. The largest absolute Gasteiger partial charge is 0.399 e. The van der Waals surface area contributed by atoms with Crippen LogP contribution in [0.2, 0.25) is 0 Å². The summed E-state index contributed by atoms with van der Waals surface area (Å²) in [6.07, 6.45) is 0. The number of nitrogen functional groups attached to an aromatic ring is 1. The lowest BCUT2D eigenvalue weighted by Crippen LogP contribution is -2.39. The molecule has 2 N–H and O–H groups in total. The van der Waals surface area contributed by atoms with Crippen LogP contribution in [0.5, 0.6) is 0 Å². The fourth-order valence-electron chi connectivity index (χ4n) is 2.44. The summed E-state index contributed by atoms with van der Waals surface area (Å²) in [5, 5.41) is 1.12. The Morgan fingerprint density at radius 1 is 1.20 bits per heavy atom. The van der Waals surface area contributed by atoms with Gasteiger partial charge in [-0.25, -0.2) is 0 Å². The average molecular weight is 271 g/mol. The highest BCUT2D eigenvalue weighted by Crippen LogP contribution is 2.33. The first-order valence-corrected chi connectivity index (χ1v) is 7.10. The predicted octanol–water partition coefficient (Wildman–Crippen LogP) is 4.00. The van der Waals surface area contributed by atoms with Crippen LogP contribution in [0.1, 0.15) is 33.4 Å². The van der Waals surface area contributed by atoms with Gasteiger partial charge in [0.05, 0.1) is 5.52 Å². The van der Waals surface area contributed by atoms with E-state index in [0.29, 0.717) is 6.04 Å². The minimum atomic E-state index is 0.207. The number of benzene rings is 1. The molecule has 1 heterocycles. The molecule has 0 fully saturated rings. The van der Waals surface area contributed by atoms with Crippen LogP contribution in [0.4, 0.5) is 11.4 Å². The molecule has 0 aliphatic rings. The molecule has 0 amide bonds. The molecule has 0 saturated carbocycles. The van der Waals surface area contributed by atoms with Gasteiger partial charge in [0.1, 0.15) is 0 Å². The fraction of sp³-hybridized carbons (Fsp3) is 0.471. The smallest absolute Gasteiger partial charge is 0.0727 e. The third-order valence-corrected chi connectivity index (χ3v) is 4.15. The van der Waals surface area contributed by atoms with E-state index in [4.69, 9.17) is 5.73 Å². The van der Waals surface area contributed by atoms with E-state index < -0.39 is 0 Å². The van der Waals surface area contributed by atoms with Crippen molar-refractivity contribution in [2.45, 2.75) is 40.7 Å². The summed E-state index contributed by atoms with van der Waals surface area (Å²) in [6.45, 7) is 11.1. The third-order valence-electron chi connectivity index (χ3n) is 4.15.